The number of rotatable bonds is 41. The summed E-state index contributed by atoms with van der Waals surface area (Å²) in [6.45, 7) is 5.29. The second kappa shape index (κ2) is 41.9. The molecule has 3 aliphatic rings. The number of carbonyl (C=O) groups excluding carboxylic acids is 8. The van der Waals surface area contributed by atoms with Crippen molar-refractivity contribution in [3.05, 3.63) is 56.8 Å². The summed E-state index contributed by atoms with van der Waals surface area (Å²) in [5, 5.41) is 109. The number of amides is 8. The lowest BCUT2D eigenvalue weighted by molar-refractivity contribution is -0.372. The molecule has 0 bridgehead atoms. The zero-order chi connectivity index (χ0) is 80.1. The number of H-pyrrole nitrogens is 1. The standard InChI is InChI=1S/C65H101ClN20O21S2/c1-27-43(82-56(85-54(27)70)34(19-41(69)90)77-20-33(67)55(71)96)60(100)84-45(51(35-21-73-26-78-35)105-64-53(49(94)47(92)38(22-87)104-64)106-63-50(95)52(107-65(72)102)48(93)39(23-88)103-63)61(101)79-29(3)46(91)28(2)57(97)83-44(30(4)89)59(99)76-15-12-42-80-37(25-108-42)62-81-36(24-109-62)58(98)75-14-7-17-86(5)16-6-13-74-40(68)18-31-8-10-32(66)11-9-31/h21,24-26,28-34,38-39,44-53,63-64,77,87-89,91-95H,6-20,22-23,67H2,1-5H3,(H2,68,74)(H2,69,90)(H2,71,96)(H2,72,102)(H,73,78)(H,75,98)(H,76,99)(H,79,101)(H,83,97)(H,84,100)(H2,70,82,85)/t28-,29+,30+,31?,32?,33-,34-,38-,39+,44-,45-,46-,47+,48+,49-,50-,51-,52-,53-,63+,64-/m0/s1. The van der Waals surface area contributed by atoms with Gasteiger partial charge in [0.2, 0.25) is 29.5 Å². The van der Waals surface area contributed by atoms with Gasteiger partial charge in [-0.3, -0.25) is 38.6 Å². The molecule has 0 unspecified atom stereocenters. The highest BCUT2D eigenvalue weighted by atomic mass is 35.5. The molecular formula is C65H101ClN20O21S2. The molecule has 0 spiro atoms. The molecule has 19 atom stereocenters. The molecule has 606 valence electrons. The van der Waals surface area contributed by atoms with Crippen molar-refractivity contribution in [2.24, 2.45) is 45.5 Å². The van der Waals surface area contributed by atoms with Crippen molar-refractivity contribution < 1.29 is 103 Å². The molecule has 2 aliphatic heterocycles. The number of thiazole rings is 2. The van der Waals surface area contributed by atoms with Crippen LogP contribution in [-0.2, 0) is 54.1 Å². The van der Waals surface area contributed by atoms with Crippen molar-refractivity contribution in [1.29, 1.82) is 0 Å². The highest BCUT2D eigenvalue weighted by Crippen LogP contribution is 2.36. The lowest BCUT2D eigenvalue weighted by Gasteiger charge is -2.47. The van der Waals surface area contributed by atoms with Gasteiger partial charge in [0, 0.05) is 67.1 Å². The van der Waals surface area contributed by atoms with Gasteiger partial charge in [-0.05, 0) is 85.4 Å². The van der Waals surface area contributed by atoms with E-state index in [2.05, 4.69) is 71.7 Å². The topological polar surface area (TPSA) is 669 Å². The van der Waals surface area contributed by atoms with E-state index in [1.165, 1.54) is 50.4 Å². The van der Waals surface area contributed by atoms with Gasteiger partial charge in [0.1, 0.15) is 94.6 Å². The van der Waals surface area contributed by atoms with Gasteiger partial charge in [-0.2, -0.15) is 0 Å². The highest BCUT2D eigenvalue weighted by molar-refractivity contribution is 7.14. The van der Waals surface area contributed by atoms with E-state index in [-0.39, 0.29) is 59.4 Å². The van der Waals surface area contributed by atoms with E-state index >= 15 is 4.79 Å². The molecule has 7 rings (SSSR count). The molecule has 4 aromatic heterocycles. The van der Waals surface area contributed by atoms with E-state index in [0.717, 1.165) is 64.1 Å². The second-order valence-electron chi connectivity index (χ2n) is 27.0. The quantitative estimate of drug-likeness (QED) is 0.00852. The van der Waals surface area contributed by atoms with Crippen LogP contribution in [0.15, 0.2) is 28.3 Å². The number of ether oxygens (including phenoxy) is 5. The average molecular weight is 1600 g/mol. The van der Waals surface area contributed by atoms with Crippen LogP contribution >= 0.6 is 34.3 Å². The van der Waals surface area contributed by atoms with Crippen LogP contribution in [0, 0.1) is 18.8 Å². The Kier molecular flexibility index (Phi) is 34.0. The van der Waals surface area contributed by atoms with Crippen molar-refractivity contribution in [2.75, 3.05) is 65.3 Å². The van der Waals surface area contributed by atoms with Crippen LogP contribution in [0.4, 0.5) is 10.6 Å². The molecule has 2 saturated heterocycles. The third-order valence-corrected chi connectivity index (χ3v) is 20.8. The van der Waals surface area contributed by atoms with Crippen LogP contribution in [0.3, 0.4) is 0 Å². The lowest BCUT2D eigenvalue weighted by atomic mass is 9.86. The van der Waals surface area contributed by atoms with Crippen molar-refractivity contribution in [2.45, 2.75) is 201 Å². The minimum absolute atomic E-state index is 0.0216. The summed E-state index contributed by atoms with van der Waals surface area (Å²) in [7, 11) is 2.01. The number of nitrogens with zero attached hydrogens (tertiary/aromatic N) is 7. The van der Waals surface area contributed by atoms with Crippen molar-refractivity contribution in [3.63, 3.8) is 0 Å². The van der Waals surface area contributed by atoms with E-state index in [4.69, 9.17) is 69.7 Å². The van der Waals surface area contributed by atoms with Crippen LogP contribution < -0.4 is 66.3 Å². The number of aliphatic hydroxyl groups excluding tert-OH is 8. The molecular weight excluding hydrogens is 1500 g/mol. The average Bonchev–Trinajstić information content (AvgIpc) is 1.49. The van der Waals surface area contributed by atoms with Gasteiger partial charge in [0.05, 0.1) is 78.5 Å². The fraction of sp³-hybridized carbons (Fsp3) is 0.662. The first-order valence-corrected chi connectivity index (χ1v) is 37.5. The number of imidazole rings is 1. The van der Waals surface area contributed by atoms with Crippen LogP contribution in [-0.4, -0.2) is 292 Å². The molecule has 27 N–H and O–H groups in total. The smallest absolute Gasteiger partial charge is 0.404 e. The Bertz CT molecular complexity index is 3690. The van der Waals surface area contributed by atoms with E-state index < -0.39 is 183 Å². The number of aromatic amines is 1. The maximum absolute atomic E-state index is 15.3. The van der Waals surface area contributed by atoms with Gasteiger partial charge in [-0.1, -0.05) is 6.92 Å². The van der Waals surface area contributed by atoms with Crippen molar-refractivity contribution >= 4 is 93.4 Å². The lowest BCUT2D eigenvalue weighted by Crippen LogP contribution is -2.65. The van der Waals surface area contributed by atoms with E-state index in [9.17, 15) is 74.4 Å². The van der Waals surface area contributed by atoms with Crippen LogP contribution in [0.2, 0.25) is 0 Å². The maximum Gasteiger partial charge on any atom is 0.404 e. The summed E-state index contributed by atoms with van der Waals surface area (Å²) < 4.78 is 28.8. The van der Waals surface area contributed by atoms with Crippen molar-refractivity contribution in [3.8, 4) is 10.7 Å². The molecule has 0 aromatic carbocycles. The number of amidine groups is 1. The number of nitrogen functional groups attached to an aromatic ring is 1. The Morgan fingerprint density at radius 3 is 2.13 bits per heavy atom. The first-order chi connectivity index (χ1) is 51.7. The van der Waals surface area contributed by atoms with Crippen LogP contribution in [0.1, 0.15) is 127 Å². The van der Waals surface area contributed by atoms with E-state index in [0.29, 0.717) is 47.0 Å². The number of carbonyl (C=O) groups is 8. The zero-order valence-electron chi connectivity index (χ0n) is 60.6. The third kappa shape index (κ3) is 25.0. The Morgan fingerprint density at radius 1 is 0.789 bits per heavy atom. The summed E-state index contributed by atoms with van der Waals surface area (Å²) in [6.07, 6.45) is -18.6. The Morgan fingerprint density at radius 2 is 1.48 bits per heavy atom. The Balaban J connectivity index is 1.02. The van der Waals surface area contributed by atoms with E-state index in [1.807, 2.05) is 7.05 Å². The normalized spacial score (nSPS) is 24.9. The number of aromatic nitrogens is 6. The van der Waals surface area contributed by atoms with Gasteiger partial charge in [0.25, 0.3) is 11.8 Å². The molecule has 8 amide bonds. The summed E-state index contributed by atoms with van der Waals surface area (Å²) in [5.74, 6) is -7.53. The Hall–Kier alpha value is -7.93. The largest absolute Gasteiger partial charge is 0.441 e. The summed E-state index contributed by atoms with van der Waals surface area (Å²) in [5.41, 5.74) is 34.3. The summed E-state index contributed by atoms with van der Waals surface area (Å²) >= 11 is 8.74. The number of hydrogen-bond donors (Lipinski definition) is 21. The van der Waals surface area contributed by atoms with Gasteiger partial charge >= 0.3 is 6.09 Å². The summed E-state index contributed by atoms with van der Waals surface area (Å²) in [6, 6.07) is -7.89. The first kappa shape index (κ1) is 88.3. The van der Waals surface area contributed by atoms with Crippen molar-refractivity contribution in [1.82, 2.24) is 66.7 Å². The third-order valence-electron chi connectivity index (χ3n) is 18.6. The number of aliphatic imine (C=N–C) groups is 1. The minimum atomic E-state index is -2.20. The molecule has 0 radical (unpaired) electrons. The number of hydrogen-bond acceptors (Lipinski definition) is 33. The second-order valence-corrected chi connectivity index (χ2v) is 29.4. The number of primary amides is 3. The van der Waals surface area contributed by atoms with Gasteiger partial charge in [-0.15, -0.1) is 34.3 Å². The molecule has 4 aromatic rings. The van der Waals surface area contributed by atoms with E-state index in [1.54, 1.807) is 10.8 Å². The van der Waals surface area contributed by atoms with Crippen LogP contribution in [0.25, 0.3) is 10.7 Å². The highest BCUT2D eigenvalue weighted by Gasteiger charge is 2.54. The van der Waals surface area contributed by atoms with Crippen LogP contribution in [0.5, 0.6) is 0 Å². The first-order valence-electron chi connectivity index (χ1n) is 35.3. The SMILES string of the molecule is Cc1c(N)nc([C@H](CC(N)=O)NC[C@H](N)C(N)=O)nc1C(=O)N[C@H](C(=O)N[C@H](C)[C@@H](O)[C@H](C)C(=O)N[C@H](C(=O)NCCc1nc(-c2nc(C(=O)NCCCN(C)CCCN=C(N)CC3CCC(Cl)CC3)cs2)cs1)[C@@H](C)O)[C@@H](O[C@@H]1O[C@@H](CO)[C@@H](O)[C@H](O)[C@@H]1O[C@H]1O[C@H](CO)[C@@H](O)[C@H](OC(N)=O)[C@@H]1O)c1cnc[nH]1. The molecule has 6 heterocycles. The summed E-state index contributed by atoms with van der Waals surface area (Å²) in [4.78, 5) is 138. The predicted octanol–water partition coefficient (Wildman–Crippen LogP) is -5.71. The van der Waals surface area contributed by atoms with Gasteiger partial charge in [0.15, 0.2) is 18.7 Å². The monoisotopic (exact) mass is 1600 g/mol. The number of aliphatic hydroxyl groups is 8. The number of nitrogens with one attached hydrogen (secondary N) is 7. The molecule has 41 nitrogen and oxygen atoms in total. The fourth-order valence-corrected chi connectivity index (χ4v) is 14.0. The van der Waals surface area contributed by atoms with Gasteiger partial charge < -0.3 is 141 Å². The molecule has 1 aliphatic carbocycles. The number of nitrogens with two attached hydrogens (primary N) is 6. The molecule has 1 saturated carbocycles. The predicted molar refractivity (Wildman–Crippen MR) is 390 cm³/mol. The zero-order valence-corrected chi connectivity index (χ0v) is 63.0. The number of alkyl halides is 1. The molecule has 3 fully saturated rings. The number of halogens is 1. The molecule has 44 heteroatoms. The minimum Gasteiger partial charge on any atom is -0.441 e. The van der Waals surface area contributed by atoms with Gasteiger partial charge in [-0.25, -0.2) is 29.7 Å². The Labute approximate surface area is 639 Å². The molecule has 109 heavy (non-hydrogen) atoms. The maximum atomic E-state index is 15.3. The number of anilines is 1. The fourth-order valence-electron chi connectivity index (χ4n) is 12.1.